The van der Waals surface area contributed by atoms with Crippen LogP contribution in [0.2, 0.25) is 0 Å². The van der Waals surface area contributed by atoms with E-state index in [4.69, 9.17) is 5.11 Å². The molecule has 0 radical (unpaired) electrons. The van der Waals surface area contributed by atoms with Crippen LogP contribution in [-0.2, 0) is 4.79 Å². The summed E-state index contributed by atoms with van der Waals surface area (Å²) in [5.41, 5.74) is 0. The summed E-state index contributed by atoms with van der Waals surface area (Å²) in [6, 6.07) is 0.206. The summed E-state index contributed by atoms with van der Waals surface area (Å²) in [5.74, 6) is 0.505. The minimum atomic E-state index is 0.117. The maximum atomic E-state index is 10.7. The van der Waals surface area contributed by atoms with Crippen molar-refractivity contribution in [3.63, 3.8) is 0 Å². The molecule has 1 heterocycles. The molecule has 0 aromatic rings. The molecule has 10 heavy (non-hydrogen) atoms. The first-order valence-corrected chi connectivity index (χ1v) is 3.64. The zero-order chi connectivity index (χ0) is 7.56. The highest BCUT2D eigenvalue weighted by atomic mass is 16.3. The van der Waals surface area contributed by atoms with Crippen molar-refractivity contribution in [2.24, 2.45) is 5.92 Å². The molecular formula is C7H13NO2. The predicted octanol–water partition coefficient (Wildman–Crippen LogP) is -0.107. The van der Waals surface area contributed by atoms with Crippen molar-refractivity contribution in [3.8, 4) is 0 Å². The zero-order valence-electron chi connectivity index (χ0n) is 6.13. The SMILES string of the molecule is CC1CC(=O)NC1CCO. The molecule has 2 N–H and O–H groups in total. The Morgan fingerprint density at radius 3 is 2.90 bits per heavy atom. The van der Waals surface area contributed by atoms with Gasteiger partial charge in [0.2, 0.25) is 5.91 Å². The summed E-state index contributed by atoms with van der Waals surface area (Å²) in [6.07, 6.45) is 1.30. The molecule has 1 amide bonds. The molecule has 0 spiro atoms. The average molecular weight is 143 g/mol. The van der Waals surface area contributed by atoms with Gasteiger partial charge in [-0.25, -0.2) is 0 Å². The molecule has 0 bridgehead atoms. The Morgan fingerprint density at radius 2 is 2.50 bits per heavy atom. The summed E-state index contributed by atoms with van der Waals surface area (Å²) in [4.78, 5) is 10.7. The van der Waals surface area contributed by atoms with Crippen molar-refractivity contribution >= 4 is 5.91 Å². The first-order chi connectivity index (χ1) is 4.74. The van der Waals surface area contributed by atoms with Gasteiger partial charge in [-0.15, -0.1) is 0 Å². The molecule has 0 saturated carbocycles. The van der Waals surface area contributed by atoms with Gasteiger partial charge in [-0.1, -0.05) is 6.92 Å². The minimum Gasteiger partial charge on any atom is -0.396 e. The summed E-state index contributed by atoms with van der Waals surface area (Å²) in [5, 5.41) is 11.4. The van der Waals surface area contributed by atoms with Crippen molar-refractivity contribution < 1.29 is 9.90 Å². The number of carbonyl (C=O) groups is 1. The third kappa shape index (κ3) is 1.48. The van der Waals surface area contributed by atoms with Crippen molar-refractivity contribution in [2.45, 2.75) is 25.8 Å². The van der Waals surface area contributed by atoms with E-state index in [0.717, 1.165) is 0 Å². The van der Waals surface area contributed by atoms with Gasteiger partial charge in [-0.3, -0.25) is 4.79 Å². The van der Waals surface area contributed by atoms with Crippen molar-refractivity contribution in [3.05, 3.63) is 0 Å². The Balaban J connectivity index is 2.38. The van der Waals surface area contributed by atoms with E-state index >= 15 is 0 Å². The largest absolute Gasteiger partial charge is 0.396 e. The fourth-order valence-corrected chi connectivity index (χ4v) is 1.34. The Kier molecular flexibility index (Phi) is 2.27. The van der Waals surface area contributed by atoms with Gasteiger partial charge in [0.15, 0.2) is 0 Å². The van der Waals surface area contributed by atoms with Crippen LogP contribution >= 0.6 is 0 Å². The van der Waals surface area contributed by atoms with Crippen LogP contribution in [0.25, 0.3) is 0 Å². The molecule has 1 aliphatic rings. The maximum Gasteiger partial charge on any atom is 0.220 e. The van der Waals surface area contributed by atoms with E-state index in [9.17, 15) is 4.79 Å². The van der Waals surface area contributed by atoms with E-state index < -0.39 is 0 Å². The number of aliphatic hydroxyl groups is 1. The smallest absolute Gasteiger partial charge is 0.220 e. The highest BCUT2D eigenvalue weighted by molar-refractivity contribution is 5.78. The van der Waals surface area contributed by atoms with Crippen LogP contribution in [0.3, 0.4) is 0 Å². The molecule has 3 heteroatoms. The molecule has 1 rings (SSSR count). The van der Waals surface area contributed by atoms with E-state index in [1.54, 1.807) is 0 Å². The molecule has 2 unspecified atom stereocenters. The van der Waals surface area contributed by atoms with Crippen LogP contribution in [0.15, 0.2) is 0 Å². The Bertz CT molecular complexity index is 136. The van der Waals surface area contributed by atoms with Gasteiger partial charge in [0.05, 0.1) is 0 Å². The lowest BCUT2D eigenvalue weighted by Gasteiger charge is -2.11. The average Bonchev–Trinajstić information content (AvgIpc) is 2.13. The quantitative estimate of drug-likeness (QED) is 0.566. The van der Waals surface area contributed by atoms with Crippen LogP contribution < -0.4 is 5.32 Å². The molecule has 1 saturated heterocycles. The number of amides is 1. The van der Waals surface area contributed by atoms with Gasteiger partial charge in [0.1, 0.15) is 0 Å². The van der Waals surface area contributed by atoms with Gasteiger partial charge in [0.25, 0.3) is 0 Å². The maximum absolute atomic E-state index is 10.7. The molecular weight excluding hydrogens is 130 g/mol. The number of hydrogen-bond donors (Lipinski definition) is 2. The van der Waals surface area contributed by atoms with Crippen LogP contribution in [-0.4, -0.2) is 23.7 Å². The molecule has 2 atom stereocenters. The highest BCUT2D eigenvalue weighted by Crippen LogP contribution is 2.17. The van der Waals surface area contributed by atoms with E-state index in [2.05, 4.69) is 5.32 Å². The predicted molar refractivity (Wildman–Crippen MR) is 37.4 cm³/mol. The molecule has 0 aliphatic carbocycles. The van der Waals surface area contributed by atoms with E-state index in [0.29, 0.717) is 18.8 Å². The summed E-state index contributed by atoms with van der Waals surface area (Å²) in [6.45, 7) is 2.19. The second-order valence-corrected chi connectivity index (χ2v) is 2.87. The second-order valence-electron chi connectivity index (χ2n) is 2.87. The summed E-state index contributed by atoms with van der Waals surface area (Å²) < 4.78 is 0. The van der Waals surface area contributed by atoms with E-state index in [-0.39, 0.29) is 18.6 Å². The fourth-order valence-electron chi connectivity index (χ4n) is 1.34. The van der Waals surface area contributed by atoms with Gasteiger partial charge >= 0.3 is 0 Å². The second kappa shape index (κ2) is 3.01. The van der Waals surface area contributed by atoms with Crippen LogP contribution in [0.5, 0.6) is 0 Å². The fraction of sp³-hybridized carbons (Fsp3) is 0.857. The lowest BCUT2D eigenvalue weighted by Crippen LogP contribution is -2.28. The molecule has 1 fully saturated rings. The summed E-state index contributed by atoms with van der Waals surface area (Å²) >= 11 is 0. The number of nitrogens with one attached hydrogen (secondary N) is 1. The lowest BCUT2D eigenvalue weighted by molar-refractivity contribution is -0.119. The van der Waals surface area contributed by atoms with Crippen molar-refractivity contribution in [1.29, 1.82) is 0 Å². The minimum absolute atomic E-state index is 0.117. The number of rotatable bonds is 2. The summed E-state index contributed by atoms with van der Waals surface area (Å²) in [7, 11) is 0. The van der Waals surface area contributed by atoms with E-state index in [1.807, 2.05) is 6.92 Å². The van der Waals surface area contributed by atoms with Crippen LogP contribution in [0, 0.1) is 5.92 Å². The molecule has 1 aliphatic heterocycles. The monoisotopic (exact) mass is 143 g/mol. The molecule has 3 nitrogen and oxygen atoms in total. The lowest BCUT2D eigenvalue weighted by atomic mass is 10.0. The first-order valence-electron chi connectivity index (χ1n) is 3.64. The normalized spacial score (nSPS) is 32.4. The van der Waals surface area contributed by atoms with Crippen LogP contribution in [0.4, 0.5) is 0 Å². The third-order valence-electron chi connectivity index (χ3n) is 1.98. The molecule has 0 aromatic heterocycles. The number of carbonyl (C=O) groups excluding carboxylic acids is 1. The molecule has 58 valence electrons. The van der Waals surface area contributed by atoms with E-state index in [1.165, 1.54) is 0 Å². The van der Waals surface area contributed by atoms with Crippen LogP contribution in [0.1, 0.15) is 19.8 Å². The highest BCUT2D eigenvalue weighted by Gasteiger charge is 2.27. The van der Waals surface area contributed by atoms with Gasteiger partial charge < -0.3 is 10.4 Å². The first kappa shape index (κ1) is 7.54. The van der Waals surface area contributed by atoms with Gasteiger partial charge in [0, 0.05) is 19.1 Å². The van der Waals surface area contributed by atoms with Gasteiger partial charge in [-0.05, 0) is 12.3 Å². The van der Waals surface area contributed by atoms with Crippen molar-refractivity contribution in [1.82, 2.24) is 5.32 Å². The zero-order valence-corrected chi connectivity index (χ0v) is 6.13. The van der Waals surface area contributed by atoms with Crippen molar-refractivity contribution in [2.75, 3.05) is 6.61 Å². The Morgan fingerprint density at radius 1 is 1.80 bits per heavy atom. The Hall–Kier alpha value is -0.570. The molecule has 0 aromatic carbocycles. The van der Waals surface area contributed by atoms with Gasteiger partial charge in [-0.2, -0.15) is 0 Å². The topological polar surface area (TPSA) is 49.3 Å². The number of aliphatic hydroxyl groups excluding tert-OH is 1. The number of hydrogen-bond acceptors (Lipinski definition) is 2. The Labute approximate surface area is 60.4 Å². The third-order valence-corrected chi connectivity index (χ3v) is 1.98. The standard InChI is InChI=1S/C7H13NO2/c1-5-4-7(10)8-6(5)2-3-9/h5-6,9H,2-4H2,1H3,(H,8,10).